The van der Waals surface area contributed by atoms with Crippen molar-refractivity contribution in [1.82, 2.24) is 19.9 Å². The van der Waals surface area contributed by atoms with Crippen molar-refractivity contribution >= 4 is 47.2 Å². The second kappa shape index (κ2) is 40.1. The fourth-order valence-corrected chi connectivity index (χ4v) is 15.1. The van der Waals surface area contributed by atoms with Gasteiger partial charge in [-0.3, -0.25) is 0 Å². The highest BCUT2D eigenvalue weighted by Crippen LogP contribution is 2.39. The maximum absolute atomic E-state index is 5.73. The van der Waals surface area contributed by atoms with Crippen molar-refractivity contribution in [3.8, 4) is 11.4 Å². The van der Waals surface area contributed by atoms with E-state index in [0.717, 1.165) is 206 Å². The average Bonchev–Trinajstić information content (AvgIpc) is 1.63. The van der Waals surface area contributed by atoms with E-state index in [-0.39, 0.29) is 0 Å². The normalized spacial score (nSPS) is 15.6. The average molecular weight is 1340 g/mol. The third kappa shape index (κ3) is 20.5. The lowest BCUT2D eigenvalue weighted by molar-refractivity contribution is 0.666. The summed E-state index contributed by atoms with van der Waals surface area (Å²) in [4.78, 5) is 38.3. The zero-order chi connectivity index (χ0) is 69.7. The van der Waals surface area contributed by atoms with Crippen LogP contribution in [0.4, 0.5) is 0 Å². The van der Waals surface area contributed by atoms with E-state index in [9.17, 15) is 0 Å². The SMILES string of the molecule is CCCCCCC1=CC2=C3C=C(CCCCCC)C(=N3)C=Cc3[nH]c(cc3CCCCCC)C3=NC(=C(CCCCCC)C3=C=C=C=C=C3C4=NC(=C3CCCCCC)/C=C\c3[nH]c(cc3CCCCCC)-c3cc(CCCCCC)c([nH]3)C=Cc3[nH]c4cc3CCCCCC)C=CC1=N2. The van der Waals surface area contributed by atoms with E-state index < -0.39 is 0 Å². The molecule has 6 aliphatic rings. The number of nitrogens with one attached hydrogen (secondary N) is 4. The molecule has 0 saturated heterocycles. The molecule has 16 bridgehead atoms. The van der Waals surface area contributed by atoms with E-state index in [1.165, 1.54) is 198 Å². The van der Waals surface area contributed by atoms with Crippen LogP contribution in [0, 0.1) is 0 Å². The van der Waals surface area contributed by atoms with Crippen LogP contribution in [0.1, 0.15) is 343 Å². The summed E-state index contributed by atoms with van der Waals surface area (Å²) in [7, 11) is 0. The highest BCUT2D eigenvalue weighted by molar-refractivity contribution is 6.19. The zero-order valence-corrected chi connectivity index (χ0v) is 63.2. The fraction of sp³-hybridized carbons (Fsp3) is 0.522. The number of aromatic amines is 4. The molecule has 0 fully saturated rings. The van der Waals surface area contributed by atoms with Gasteiger partial charge in [0, 0.05) is 22.8 Å². The molecular weight excluding hydrogens is 1220 g/mol. The number of fused-ring (bicyclic) bond motifs is 15. The van der Waals surface area contributed by atoms with Crippen molar-refractivity contribution in [1.29, 1.82) is 0 Å². The van der Waals surface area contributed by atoms with E-state index in [1.807, 2.05) is 0 Å². The summed E-state index contributed by atoms with van der Waals surface area (Å²) in [5.41, 5.74) is 44.0. The van der Waals surface area contributed by atoms with Gasteiger partial charge < -0.3 is 19.9 Å². The Labute approximate surface area is 603 Å². The van der Waals surface area contributed by atoms with Crippen molar-refractivity contribution in [2.75, 3.05) is 0 Å². The van der Waals surface area contributed by atoms with Crippen LogP contribution >= 0.6 is 0 Å². The summed E-state index contributed by atoms with van der Waals surface area (Å²) in [5.74, 6) is 0. The Hall–Kier alpha value is -7.68. The number of allylic oxidation sites excluding steroid dienone is 12. The van der Waals surface area contributed by atoms with Gasteiger partial charge in [-0.2, -0.15) is 0 Å². The molecule has 4 N–H and O–H groups in total. The number of aliphatic imine (C=N–C) groups is 4. The van der Waals surface area contributed by atoms with E-state index in [2.05, 4.69) is 183 Å². The number of aromatic nitrogens is 4. The largest absolute Gasteiger partial charge is 0.354 e. The van der Waals surface area contributed by atoms with Gasteiger partial charge in [-0.1, -0.05) is 221 Å². The molecule has 0 saturated carbocycles. The van der Waals surface area contributed by atoms with Crippen LogP contribution in [-0.4, -0.2) is 42.8 Å². The maximum atomic E-state index is 5.73. The molecule has 8 nitrogen and oxygen atoms in total. The third-order valence-electron chi connectivity index (χ3n) is 21.1. The minimum atomic E-state index is 0.874. The van der Waals surface area contributed by atoms with Gasteiger partial charge in [0.2, 0.25) is 0 Å². The first-order chi connectivity index (χ1) is 49.3. The molecule has 0 aliphatic carbocycles. The Morgan fingerprint density at radius 2 is 0.550 bits per heavy atom. The van der Waals surface area contributed by atoms with Crippen molar-refractivity contribution in [3.05, 3.63) is 196 Å². The van der Waals surface area contributed by atoms with E-state index in [1.54, 1.807) is 0 Å². The minimum Gasteiger partial charge on any atom is -0.354 e. The first-order valence-corrected chi connectivity index (χ1v) is 40.6. The zero-order valence-electron chi connectivity index (χ0n) is 63.2. The molecule has 530 valence electrons. The van der Waals surface area contributed by atoms with Crippen molar-refractivity contribution in [3.63, 3.8) is 0 Å². The highest BCUT2D eigenvalue weighted by Gasteiger charge is 2.30. The predicted molar refractivity (Wildman–Crippen MR) is 431 cm³/mol. The van der Waals surface area contributed by atoms with Crippen LogP contribution in [0.3, 0.4) is 0 Å². The molecule has 0 aromatic carbocycles. The van der Waals surface area contributed by atoms with E-state index in [4.69, 9.17) is 20.0 Å². The first kappa shape index (κ1) is 75.0. The Bertz CT molecular complexity index is 4040. The van der Waals surface area contributed by atoms with E-state index in [0.29, 0.717) is 0 Å². The Kier molecular flexibility index (Phi) is 30.1. The Morgan fingerprint density at radius 1 is 0.270 bits per heavy atom. The number of H-pyrrole nitrogens is 4. The summed E-state index contributed by atoms with van der Waals surface area (Å²) in [6, 6.07) is 9.64. The van der Waals surface area contributed by atoms with Crippen molar-refractivity contribution in [2.45, 2.75) is 312 Å². The van der Waals surface area contributed by atoms with Crippen LogP contribution < -0.4 is 0 Å². The van der Waals surface area contributed by atoms with Crippen LogP contribution in [0.2, 0.25) is 0 Å². The van der Waals surface area contributed by atoms with Crippen molar-refractivity contribution < 1.29 is 0 Å². The summed E-state index contributed by atoms with van der Waals surface area (Å²) in [6.45, 7) is 18.4. The van der Waals surface area contributed by atoms with Crippen LogP contribution in [0.5, 0.6) is 0 Å². The molecule has 0 unspecified atom stereocenters. The van der Waals surface area contributed by atoms with Gasteiger partial charge in [0.1, 0.15) is 11.4 Å². The molecule has 0 amide bonds. The molecule has 0 radical (unpaired) electrons. The van der Waals surface area contributed by atoms with Crippen LogP contribution in [-0.2, 0) is 25.7 Å². The molecule has 100 heavy (non-hydrogen) atoms. The Balaban J connectivity index is 1.18. The molecule has 4 aromatic heterocycles. The van der Waals surface area contributed by atoms with Gasteiger partial charge >= 0.3 is 0 Å². The second-order valence-corrected chi connectivity index (χ2v) is 29.3. The number of rotatable bonds is 40. The number of nitrogens with zero attached hydrogens (tertiary/aromatic N) is 4. The lowest BCUT2D eigenvalue weighted by Crippen LogP contribution is -2.03. The van der Waals surface area contributed by atoms with Gasteiger partial charge in [-0.15, -0.1) is 0 Å². The minimum absolute atomic E-state index is 0.874. The van der Waals surface area contributed by atoms with Crippen molar-refractivity contribution in [2.24, 2.45) is 20.0 Å². The lowest BCUT2D eigenvalue weighted by Gasteiger charge is -2.07. The molecule has 0 atom stereocenters. The summed E-state index contributed by atoms with van der Waals surface area (Å²) >= 11 is 0. The number of unbranched alkanes of at least 4 members (excludes halogenated alkanes) is 24. The molecule has 6 aliphatic heterocycles. The topological polar surface area (TPSA) is 113 Å². The number of aryl methyl sites for hydroxylation is 4. The van der Waals surface area contributed by atoms with Gasteiger partial charge in [0.05, 0.1) is 68.1 Å². The van der Waals surface area contributed by atoms with Gasteiger partial charge in [-0.25, -0.2) is 20.0 Å². The lowest BCUT2D eigenvalue weighted by atomic mass is 9.95. The number of hydrogen-bond donors (Lipinski definition) is 4. The molecular formula is C92H122N8. The molecule has 4 aromatic rings. The maximum Gasteiger partial charge on any atom is 0.103 e. The number of hydrogen-bond acceptors (Lipinski definition) is 4. The molecule has 10 heterocycles. The second-order valence-electron chi connectivity index (χ2n) is 29.3. The van der Waals surface area contributed by atoms with E-state index >= 15 is 0 Å². The molecule has 8 heteroatoms. The monoisotopic (exact) mass is 1340 g/mol. The fourth-order valence-electron chi connectivity index (χ4n) is 15.1. The van der Waals surface area contributed by atoms with Crippen LogP contribution in [0.15, 0.2) is 160 Å². The van der Waals surface area contributed by atoms with Gasteiger partial charge in [-0.05, 0) is 244 Å². The summed E-state index contributed by atoms with van der Waals surface area (Å²) in [5, 5.41) is 0. The quantitative estimate of drug-likeness (QED) is 0.0251. The Morgan fingerprint density at radius 3 is 0.900 bits per heavy atom. The highest BCUT2D eigenvalue weighted by atomic mass is 14.9. The van der Waals surface area contributed by atoms with Gasteiger partial charge in [0.25, 0.3) is 0 Å². The summed E-state index contributed by atoms with van der Waals surface area (Å²) < 4.78 is 0. The predicted octanol–water partition coefficient (Wildman–Crippen LogP) is 26.5. The standard InChI is InChI=1S/C92H122N8/c1-9-17-25-33-43-67-61-85-87-63-69(45-35-27-19-11-3)79(95-87)57-59-83-73(49-39-31-23-15-7)75(91(99-83)89-65-71(47-37-29-21-13-5)81(97-89)55-53-77(67)93-85)51-41-42-52-76-74(50-40-32-24-16-8)84-60-58-80-70(46-36-28-20-12-4)64-88(96-80)86-62-68(44-34-26-18-10-2)78(94-86)54-56-82-72(48-38-30-22-14-6)66-90(98-82)92(76)100-84/h53-66,93,95,97-98H,9-40,43-50H2,1-8H3/b55-53?,56-54?,59-57-,60-58?,88-86?. The van der Waals surface area contributed by atoms with Gasteiger partial charge in [0.15, 0.2) is 0 Å². The first-order valence-electron chi connectivity index (χ1n) is 40.6. The smallest absolute Gasteiger partial charge is 0.103 e. The molecule has 10 rings (SSSR count). The summed E-state index contributed by atoms with van der Waals surface area (Å²) in [6.07, 6.45) is 69.0. The third-order valence-corrected chi connectivity index (χ3v) is 21.1. The molecule has 0 spiro atoms. The van der Waals surface area contributed by atoms with Crippen LogP contribution in [0.25, 0.3) is 35.7 Å².